The summed E-state index contributed by atoms with van der Waals surface area (Å²) < 4.78 is 0. The third kappa shape index (κ3) is 7.46. The van der Waals surface area contributed by atoms with Gasteiger partial charge in [0, 0.05) is 31.7 Å². The molecule has 0 saturated heterocycles. The Hall–Kier alpha value is -3.62. The Morgan fingerprint density at radius 2 is 1.61 bits per heavy atom. The summed E-state index contributed by atoms with van der Waals surface area (Å²) in [5.41, 5.74) is 3.96. The van der Waals surface area contributed by atoms with E-state index in [9.17, 15) is 14.4 Å². The first-order chi connectivity index (χ1) is 18.4. The maximum atomic E-state index is 12.6. The SMILES string of the molecule is O=C(CCc1ccc2c(n1)NCCC2)NCC(=O)NCCNC(=O)c1c(Cl)cc(-c2ccccc2)cc1Cl. The smallest absolute Gasteiger partial charge is 0.254 e. The molecule has 1 aliphatic rings. The molecule has 8 nitrogen and oxygen atoms in total. The number of nitrogens with one attached hydrogen (secondary N) is 4. The van der Waals surface area contributed by atoms with Gasteiger partial charge in [-0.15, -0.1) is 0 Å². The number of pyridine rings is 1. The molecule has 0 aliphatic carbocycles. The third-order valence-corrected chi connectivity index (χ3v) is 6.71. The topological polar surface area (TPSA) is 112 Å². The van der Waals surface area contributed by atoms with Crippen LogP contribution in [0, 0.1) is 0 Å². The van der Waals surface area contributed by atoms with Gasteiger partial charge in [-0.05, 0) is 54.2 Å². The van der Waals surface area contributed by atoms with Crippen molar-refractivity contribution in [3.05, 3.63) is 81.5 Å². The number of carbonyl (C=O) groups is 3. The van der Waals surface area contributed by atoms with Crippen LogP contribution in [-0.2, 0) is 22.4 Å². The molecule has 0 fully saturated rings. The molecule has 4 rings (SSSR count). The van der Waals surface area contributed by atoms with Crippen LogP contribution < -0.4 is 21.3 Å². The Bertz CT molecular complexity index is 1290. The Morgan fingerprint density at radius 1 is 0.868 bits per heavy atom. The van der Waals surface area contributed by atoms with Crippen LogP contribution in [0.4, 0.5) is 5.82 Å². The van der Waals surface area contributed by atoms with Gasteiger partial charge in [-0.3, -0.25) is 14.4 Å². The van der Waals surface area contributed by atoms with E-state index in [4.69, 9.17) is 23.2 Å². The fourth-order valence-electron chi connectivity index (χ4n) is 4.13. The number of aromatic nitrogens is 1. The van der Waals surface area contributed by atoms with Gasteiger partial charge in [0.05, 0.1) is 22.2 Å². The second-order valence-corrected chi connectivity index (χ2v) is 9.72. The molecule has 2 heterocycles. The maximum absolute atomic E-state index is 12.6. The van der Waals surface area contributed by atoms with Crippen molar-refractivity contribution in [3.8, 4) is 11.1 Å². The van der Waals surface area contributed by atoms with Crippen molar-refractivity contribution in [1.29, 1.82) is 0 Å². The van der Waals surface area contributed by atoms with Crippen LogP contribution in [0.5, 0.6) is 0 Å². The molecule has 4 N–H and O–H groups in total. The van der Waals surface area contributed by atoms with Crippen molar-refractivity contribution in [1.82, 2.24) is 20.9 Å². The number of fused-ring (bicyclic) bond motifs is 1. The lowest BCUT2D eigenvalue weighted by Gasteiger charge is -2.17. The summed E-state index contributed by atoms with van der Waals surface area (Å²) in [6.45, 7) is 1.12. The number of amides is 3. The predicted octanol–water partition coefficient (Wildman–Crippen LogP) is 4.01. The number of benzene rings is 2. The zero-order valence-electron chi connectivity index (χ0n) is 20.8. The molecule has 3 aromatic rings. The molecule has 0 bridgehead atoms. The summed E-state index contributed by atoms with van der Waals surface area (Å²) in [5.74, 6) is -0.126. The third-order valence-electron chi connectivity index (χ3n) is 6.12. The van der Waals surface area contributed by atoms with Gasteiger partial charge in [0.2, 0.25) is 11.8 Å². The minimum Gasteiger partial charge on any atom is -0.370 e. The molecule has 0 spiro atoms. The molecular formula is C28H29Cl2N5O3. The molecule has 1 aliphatic heterocycles. The van der Waals surface area contributed by atoms with E-state index < -0.39 is 5.91 Å². The molecular weight excluding hydrogens is 525 g/mol. The number of anilines is 1. The van der Waals surface area contributed by atoms with E-state index in [1.165, 1.54) is 5.56 Å². The molecule has 2 aromatic carbocycles. The van der Waals surface area contributed by atoms with Crippen LogP contribution in [0.25, 0.3) is 11.1 Å². The number of carbonyl (C=O) groups excluding carboxylic acids is 3. The van der Waals surface area contributed by atoms with Gasteiger partial charge in [0.15, 0.2) is 0 Å². The maximum Gasteiger partial charge on any atom is 0.254 e. The van der Waals surface area contributed by atoms with Crippen LogP contribution in [0.2, 0.25) is 10.0 Å². The first kappa shape index (κ1) is 27.4. The quantitative estimate of drug-likeness (QED) is 0.283. The van der Waals surface area contributed by atoms with Crippen molar-refractivity contribution in [2.45, 2.75) is 25.7 Å². The number of nitrogens with zero attached hydrogens (tertiary/aromatic N) is 1. The van der Waals surface area contributed by atoms with E-state index >= 15 is 0 Å². The summed E-state index contributed by atoms with van der Waals surface area (Å²) in [6.07, 6.45) is 2.83. The van der Waals surface area contributed by atoms with Gasteiger partial charge >= 0.3 is 0 Å². The summed E-state index contributed by atoms with van der Waals surface area (Å²) in [7, 11) is 0. The van der Waals surface area contributed by atoms with E-state index in [1.54, 1.807) is 12.1 Å². The van der Waals surface area contributed by atoms with Gasteiger partial charge in [0.25, 0.3) is 5.91 Å². The number of hydrogen-bond acceptors (Lipinski definition) is 5. The summed E-state index contributed by atoms with van der Waals surface area (Å²) in [5, 5.41) is 11.7. The van der Waals surface area contributed by atoms with E-state index in [-0.39, 0.29) is 53.5 Å². The van der Waals surface area contributed by atoms with Gasteiger partial charge in [-0.1, -0.05) is 59.6 Å². The zero-order valence-corrected chi connectivity index (χ0v) is 22.3. The average molecular weight is 554 g/mol. The van der Waals surface area contributed by atoms with E-state index in [2.05, 4.69) is 32.3 Å². The Balaban J connectivity index is 1.15. The highest BCUT2D eigenvalue weighted by atomic mass is 35.5. The largest absolute Gasteiger partial charge is 0.370 e. The lowest BCUT2D eigenvalue weighted by atomic mass is 10.0. The van der Waals surface area contributed by atoms with Crippen molar-refractivity contribution in [2.24, 2.45) is 0 Å². The fourth-order valence-corrected chi connectivity index (χ4v) is 4.79. The molecule has 10 heteroatoms. The van der Waals surface area contributed by atoms with Gasteiger partial charge in [-0.2, -0.15) is 0 Å². The molecule has 3 amide bonds. The zero-order chi connectivity index (χ0) is 26.9. The molecule has 1 aromatic heterocycles. The molecule has 198 valence electrons. The summed E-state index contributed by atoms with van der Waals surface area (Å²) >= 11 is 12.7. The van der Waals surface area contributed by atoms with Gasteiger partial charge < -0.3 is 21.3 Å². The van der Waals surface area contributed by atoms with Gasteiger partial charge in [-0.25, -0.2) is 4.98 Å². The molecule has 0 radical (unpaired) electrons. The van der Waals surface area contributed by atoms with Crippen LogP contribution in [0.15, 0.2) is 54.6 Å². The van der Waals surface area contributed by atoms with Crippen LogP contribution in [0.1, 0.15) is 34.5 Å². The number of aryl methyl sites for hydroxylation is 2. The lowest BCUT2D eigenvalue weighted by Crippen LogP contribution is -2.40. The normalized spacial score (nSPS) is 12.2. The van der Waals surface area contributed by atoms with Crippen molar-refractivity contribution in [2.75, 3.05) is 31.5 Å². The van der Waals surface area contributed by atoms with E-state index in [1.807, 2.05) is 36.4 Å². The summed E-state index contributed by atoms with van der Waals surface area (Å²) in [4.78, 5) is 41.4. The van der Waals surface area contributed by atoms with E-state index in [0.717, 1.165) is 42.0 Å². The van der Waals surface area contributed by atoms with Crippen LogP contribution in [-0.4, -0.2) is 48.9 Å². The van der Waals surface area contributed by atoms with E-state index in [0.29, 0.717) is 6.42 Å². The number of rotatable bonds is 10. The first-order valence-electron chi connectivity index (χ1n) is 12.5. The second kappa shape index (κ2) is 13.3. The summed E-state index contributed by atoms with van der Waals surface area (Å²) in [6, 6.07) is 17.0. The highest BCUT2D eigenvalue weighted by Crippen LogP contribution is 2.31. The van der Waals surface area contributed by atoms with Crippen molar-refractivity contribution in [3.63, 3.8) is 0 Å². The monoisotopic (exact) mass is 553 g/mol. The molecule has 0 atom stereocenters. The second-order valence-electron chi connectivity index (χ2n) is 8.90. The van der Waals surface area contributed by atoms with Crippen LogP contribution >= 0.6 is 23.2 Å². The van der Waals surface area contributed by atoms with Gasteiger partial charge in [0.1, 0.15) is 5.82 Å². The predicted molar refractivity (Wildman–Crippen MR) is 150 cm³/mol. The number of hydrogen-bond donors (Lipinski definition) is 4. The first-order valence-corrected chi connectivity index (χ1v) is 13.2. The minimum atomic E-state index is -0.437. The molecule has 0 unspecified atom stereocenters. The molecule has 0 saturated carbocycles. The van der Waals surface area contributed by atoms with Crippen molar-refractivity contribution < 1.29 is 14.4 Å². The van der Waals surface area contributed by atoms with Crippen molar-refractivity contribution >= 4 is 46.7 Å². The Morgan fingerprint density at radius 3 is 2.37 bits per heavy atom. The van der Waals surface area contributed by atoms with Crippen LogP contribution in [0.3, 0.4) is 0 Å². The highest BCUT2D eigenvalue weighted by Gasteiger charge is 2.17. The Labute approximate surface area is 231 Å². The Kier molecular flexibility index (Phi) is 9.56. The fraction of sp³-hybridized carbons (Fsp3) is 0.286. The molecule has 38 heavy (non-hydrogen) atoms. The average Bonchev–Trinajstić information content (AvgIpc) is 2.93. The standard InChI is InChI=1S/C28H29Cl2N5O3/c29-22-15-20(18-5-2-1-3-6-18)16-23(30)26(22)28(38)33-14-13-31-25(37)17-34-24(36)11-10-21-9-8-19-7-4-12-32-27(19)35-21/h1-3,5-6,8-9,15-16H,4,7,10-14,17H2,(H,31,37)(H,32,35)(H,33,38)(H,34,36). The highest BCUT2D eigenvalue weighted by molar-refractivity contribution is 6.40. The minimum absolute atomic E-state index is 0.148. The number of halogens is 2. The lowest BCUT2D eigenvalue weighted by molar-refractivity contribution is -0.126.